The van der Waals surface area contributed by atoms with Crippen LogP contribution in [-0.4, -0.2) is 6.03 Å². The molecule has 0 aromatic heterocycles. The second-order valence-corrected chi connectivity index (χ2v) is 4.95. The number of hydrogen-bond acceptors (Lipinski definition) is 1. The van der Waals surface area contributed by atoms with Gasteiger partial charge < -0.3 is 10.6 Å². The third-order valence-electron chi connectivity index (χ3n) is 3.19. The molecule has 0 fully saturated rings. The van der Waals surface area contributed by atoms with E-state index in [2.05, 4.69) is 10.6 Å². The third-order valence-corrected chi connectivity index (χ3v) is 3.54. The number of carbonyl (C=O) groups excluding carboxylic acids is 1. The van der Waals surface area contributed by atoms with Gasteiger partial charge in [0.15, 0.2) is 0 Å². The van der Waals surface area contributed by atoms with Gasteiger partial charge in [-0.1, -0.05) is 60.1 Å². The number of benzene rings is 2. The fourth-order valence-corrected chi connectivity index (χ4v) is 2.48. The summed E-state index contributed by atoms with van der Waals surface area (Å²) in [6.07, 6.45) is 1.97. The predicted molar refractivity (Wildman–Crippen MR) is 80.3 cm³/mol. The largest absolute Gasteiger partial charge is 0.327 e. The van der Waals surface area contributed by atoms with Crippen LogP contribution in [0, 0.1) is 0 Å². The molecule has 100 valence electrons. The Bertz CT molecular complexity index is 667. The molecule has 0 saturated carbocycles. The molecule has 1 aliphatic heterocycles. The van der Waals surface area contributed by atoms with Crippen LogP contribution in [0.3, 0.4) is 0 Å². The summed E-state index contributed by atoms with van der Waals surface area (Å²) < 4.78 is 0. The summed E-state index contributed by atoms with van der Waals surface area (Å²) in [5.41, 5.74) is 2.65. The maximum Gasteiger partial charge on any atom is 0.319 e. The molecule has 0 aliphatic carbocycles. The van der Waals surface area contributed by atoms with Crippen LogP contribution in [0.25, 0.3) is 5.70 Å². The Morgan fingerprint density at radius 2 is 1.65 bits per heavy atom. The molecule has 0 spiro atoms. The van der Waals surface area contributed by atoms with Crippen molar-refractivity contribution in [1.82, 2.24) is 10.6 Å². The lowest BCUT2D eigenvalue weighted by atomic mass is 10.0. The minimum atomic E-state index is -0.229. The van der Waals surface area contributed by atoms with Gasteiger partial charge in [-0.15, -0.1) is 0 Å². The van der Waals surface area contributed by atoms with E-state index in [9.17, 15) is 4.79 Å². The van der Waals surface area contributed by atoms with Crippen LogP contribution in [0.15, 0.2) is 60.7 Å². The predicted octanol–water partition coefficient (Wildman–Crippen LogP) is 3.74. The quantitative estimate of drug-likeness (QED) is 0.867. The highest BCUT2D eigenvalue weighted by molar-refractivity contribution is 6.31. The van der Waals surface area contributed by atoms with E-state index in [0.29, 0.717) is 5.02 Å². The first-order valence-electron chi connectivity index (χ1n) is 6.33. The first kappa shape index (κ1) is 12.8. The molecule has 3 nitrogen and oxygen atoms in total. The summed E-state index contributed by atoms with van der Waals surface area (Å²) in [5.74, 6) is 0. The zero-order valence-electron chi connectivity index (χ0n) is 10.6. The van der Waals surface area contributed by atoms with Crippen LogP contribution < -0.4 is 10.6 Å². The average molecular weight is 285 g/mol. The van der Waals surface area contributed by atoms with Gasteiger partial charge in [-0.05, 0) is 23.3 Å². The lowest BCUT2D eigenvalue weighted by Crippen LogP contribution is -2.40. The van der Waals surface area contributed by atoms with E-state index in [0.717, 1.165) is 16.8 Å². The van der Waals surface area contributed by atoms with E-state index >= 15 is 0 Å². The summed E-state index contributed by atoms with van der Waals surface area (Å²) in [6, 6.07) is 16.8. The van der Waals surface area contributed by atoms with Crippen molar-refractivity contribution in [2.75, 3.05) is 0 Å². The molecule has 0 saturated heterocycles. The topological polar surface area (TPSA) is 41.1 Å². The van der Waals surface area contributed by atoms with E-state index in [4.69, 9.17) is 11.6 Å². The van der Waals surface area contributed by atoms with E-state index in [1.54, 1.807) is 0 Å². The van der Waals surface area contributed by atoms with E-state index < -0.39 is 0 Å². The molecule has 0 bridgehead atoms. The van der Waals surface area contributed by atoms with Crippen molar-refractivity contribution in [2.24, 2.45) is 0 Å². The van der Waals surface area contributed by atoms with Gasteiger partial charge in [0.05, 0.1) is 6.04 Å². The number of nitrogens with one attached hydrogen (secondary N) is 2. The molecule has 1 unspecified atom stereocenters. The molecular weight excluding hydrogens is 272 g/mol. The molecule has 1 aliphatic rings. The average Bonchev–Trinajstić information content (AvgIpc) is 2.48. The lowest BCUT2D eigenvalue weighted by Gasteiger charge is -2.24. The molecule has 2 aromatic carbocycles. The van der Waals surface area contributed by atoms with Gasteiger partial charge >= 0.3 is 6.03 Å². The highest BCUT2D eigenvalue weighted by Gasteiger charge is 2.21. The van der Waals surface area contributed by atoms with Crippen LogP contribution >= 0.6 is 11.6 Å². The highest BCUT2D eigenvalue weighted by Crippen LogP contribution is 2.27. The standard InChI is InChI=1S/C16H13ClN2O/c17-13-9-5-4-8-12(13)15-10-14(18-16(20)19-15)11-6-2-1-3-7-11/h1-10,15H,(H2,18,19,20). The maximum atomic E-state index is 11.8. The fourth-order valence-electron chi connectivity index (χ4n) is 2.23. The molecule has 0 radical (unpaired) electrons. The fraction of sp³-hybridized carbons (Fsp3) is 0.0625. The highest BCUT2D eigenvalue weighted by atomic mass is 35.5. The Morgan fingerprint density at radius 1 is 0.950 bits per heavy atom. The summed E-state index contributed by atoms with van der Waals surface area (Å²) in [5, 5.41) is 6.32. The Balaban J connectivity index is 2.01. The van der Waals surface area contributed by atoms with Gasteiger partial charge in [-0.2, -0.15) is 0 Å². The van der Waals surface area contributed by atoms with Crippen LogP contribution in [0.1, 0.15) is 17.2 Å². The molecule has 4 heteroatoms. The Morgan fingerprint density at radius 3 is 2.40 bits per heavy atom. The van der Waals surface area contributed by atoms with Crippen LogP contribution in [-0.2, 0) is 0 Å². The third kappa shape index (κ3) is 2.53. The SMILES string of the molecule is O=C1NC(c2ccccc2)=CC(c2ccccc2Cl)N1. The Labute approximate surface area is 122 Å². The molecular formula is C16H13ClN2O. The van der Waals surface area contributed by atoms with Gasteiger partial charge in [-0.25, -0.2) is 4.79 Å². The Kier molecular flexibility index (Phi) is 3.44. The van der Waals surface area contributed by atoms with Gasteiger partial charge in [-0.3, -0.25) is 0 Å². The maximum absolute atomic E-state index is 11.8. The van der Waals surface area contributed by atoms with Gasteiger partial charge in [0.2, 0.25) is 0 Å². The molecule has 2 amide bonds. The zero-order chi connectivity index (χ0) is 13.9. The minimum Gasteiger partial charge on any atom is -0.327 e. The van der Waals surface area contributed by atoms with Gasteiger partial charge in [0.1, 0.15) is 0 Å². The summed E-state index contributed by atoms with van der Waals surface area (Å²) >= 11 is 6.20. The monoisotopic (exact) mass is 284 g/mol. The van der Waals surface area contributed by atoms with Crippen molar-refractivity contribution in [3.8, 4) is 0 Å². The lowest BCUT2D eigenvalue weighted by molar-refractivity contribution is 0.241. The van der Waals surface area contributed by atoms with Crippen molar-refractivity contribution < 1.29 is 4.79 Å². The van der Waals surface area contributed by atoms with Crippen LogP contribution in [0.2, 0.25) is 5.02 Å². The van der Waals surface area contributed by atoms with E-state index in [1.807, 2.05) is 60.7 Å². The van der Waals surface area contributed by atoms with Crippen molar-refractivity contribution in [2.45, 2.75) is 6.04 Å². The summed E-state index contributed by atoms with van der Waals surface area (Å²) in [7, 11) is 0. The Hall–Kier alpha value is -2.26. The molecule has 20 heavy (non-hydrogen) atoms. The molecule has 1 heterocycles. The number of rotatable bonds is 2. The van der Waals surface area contributed by atoms with Gasteiger partial charge in [0.25, 0.3) is 0 Å². The number of urea groups is 1. The van der Waals surface area contributed by atoms with Gasteiger partial charge in [0, 0.05) is 10.7 Å². The van der Waals surface area contributed by atoms with Crippen molar-refractivity contribution in [1.29, 1.82) is 0 Å². The number of halogens is 1. The second-order valence-electron chi connectivity index (χ2n) is 4.54. The number of hydrogen-bond donors (Lipinski definition) is 2. The number of amides is 2. The molecule has 2 N–H and O–H groups in total. The van der Waals surface area contributed by atoms with Crippen molar-refractivity contribution in [3.05, 3.63) is 76.8 Å². The molecule has 2 aromatic rings. The van der Waals surface area contributed by atoms with Crippen molar-refractivity contribution in [3.63, 3.8) is 0 Å². The zero-order valence-corrected chi connectivity index (χ0v) is 11.4. The molecule has 3 rings (SSSR count). The minimum absolute atomic E-state index is 0.226. The number of carbonyl (C=O) groups is 1. The van der Waals surface area contributed by atoms with E-state index in [1.165, 1.54) is 0 Å². The second kappa shape index (κ2) is 5.39. The van der Waals surface area contributed by atoms with E-state index in [-0.39, 0.29) is 12.1 Å². The first-order chi connectivity index (χ1) is 9.74. The van der Waals surface area contributed by atoms with Crippen LogP contribution in [0.4, 0.5) is 4.79 Å². The smallest absolute Gasteiger partial charge is 0.319 e. The normalized spacial score (nSPS) is 17.9. The van der Waals surface area contributed by atoms with Crippen molar-refractivity contribution >= 4 is 23.3 Å². The van der Waals surface area contributed by atoms with Crippen LogP contribution in [0.5, 0.6) is 0 Å². The summed E-state index contributed by atoms with van der Waals surface area (Å²) in [4.78, 5) is 11.8. The first-order valence-corrected chi connectivity index (χ1v) is 6.71. The molecule has 1 atom stereocenters. The summed E-state index contributed by atoms with van der Waals surface area (Å²) in [6.45, 7) is 0.